The fourth-order valence-corrected chi connectivity index (χ4v) is 1.86. The van der Waals surface area contributed by atoms with Gasteiger partial charge in [0.05, 0.1) is 0 Å². The lowest BCUT2D eigenvalue weighted by molar-refractivity contribution is 0.614. The second-order valence-electron chi connectivity index (χ2n) is 3.52. The first-order chi connectivity index (χ1) is 7.79. The van der Waals surface area contributed by atoms with E-state index in [0.717, 1.165) is 29.8 Å². The fourth-order valence-electron chi connectivity index (χ4n) is 1.43. The zero-order chi connectivity index (χ0) is 11.4. The van der Waals surface area contributed by atoms with Crippen LogP contribution in [0.15, 0.2) is 22.6 Å². The highest BCUT2D eigenvalue weighted by Crippen LogP contribution is 2.20. The van der Waals surface area contributed by atoms with Gasteiger partial charge in [-0.05, 0) is 36.6 Å². The Balaban J connectivity index is 2.02. The van der Waals surface area contributed by atoms with Crippen LogP contribution in [0.25, 0.3) is 11.1 Å². The second kappa shape index (κ2) is 5.12. The van der Waals surface area contributed by atoms with Crippen molar-refractivity contribution >= 4 is 34.6 Å². The topological polar surface area (TPSA) is 64.1 Å². The van der Waals surface area contributed by atoms with E-state index in [-0.39, 0.29) is 0 Å². The molecular formula is C11H15N3OS. The normalized spacial score (nSPS) is 10.8. The van der Waals surface area contributed by atoms with E-state index in [1.165, 1.54) is 0 Å². The predicted molar refractivity (Wildman–Crippen MR) is 69.9 cm³/mol. The molecule has 0 spiro atoms. The zero-order valence-corrected chi connectivity index (χ0v) is 10.0. The number of hydrogen-bond acceptors (Lipinski definition) is 5. The van der Waals surface area contributed by atoms with Crippen LogP contribution in [0.5, 0.6) is 0 Å². The lowest BCUT2D eigenvalue weighted by Crippen LogP contribution is -2.02. The van der Waals surface area contributed by atoms with Crippen LogP contribution in [0.1, 0.15) is 6.42 Å². The summed E-state index contributed by atoms with van der Waals surface area (Å²) in [4.78, 5) is 4.31. The minimum Gasteiger partial charge on any atom is -0.424 e. The van der Waals surface area contributed by atoms with Crippen LogP contribution in [0.4, 0.5) is 11.7 Å². The minimum atomic E-state index is 0.571. The van der Waals surface area contributed by atoms with E-state index in [1.54, 1.807) is 0 Å². The number of rotatable bonds is 5. The average molecular weight is 237 g/mol. The molecule has 16 heavy (non-hydrogen) atoms. The largest absolute Gasteiger partial charge is 0.424 e. The van der Waals surface area contributed by atoms with Gasteiger partial charge in [0, 0.05) is 12.2 Å². The summed E-state index contributed by atoms with van der Waals surface area (Å²) in [6, 6.07) is 6.03. The Hall–Kier alpha value is -1.36. The molecule has 0 saturated carbocycles. The summed E-state index contributed by atoms with van der Waals surface area (Å²) < 4.78 is 5.52. The Morgan fingerprint density at radius 2 is 2.38 bits per heavy atom. The molecule has 0 aliphatic heterocycles. The summed E-state index contributed by atoms with van der Waals surface area (Å²) in [5, 5.41) is 3.16. The third kappa shape index (κ3) is 2.61. The van der Waals surface area contributed by atoms with Gasteiger partial charge in [-0.25, -0.2) is 0 Å². The number of nitrogens with one attached hydrogen (secondary N) is 1. The molecule has 0 atom stereocenters. The molecule has 4 nitrogen and oxygen atoms in total. The van der Waals surface area contributed by atoms with Gasteiger partial charge in [-0.2, -0.15) is 16.7 Å². The van der Waals surface area contributed by atoms with Gasteiger partial charge in [0.1, 0.15) is 5.52 Å². The van der Waals surface area contributed by atoms with Crippen LogP contribution in [0.2, 0.25) is 0 Å². The molecule has 0 aliphatic carbocycles. The molecule has 1 aromatic heterocycles. The van der Waals surface area contributed by atoms with Crippen LogP contribution in [-0.4, -0.2) is 23.5 Å². The van der Waals surface area contributed by atoms with Gasteiger partial charge >= 0.3 is 0 Å². The van der Waals surface area contributed by atoms with Crippen molar-refractivity contribution in [2.45, 2.75) is 6.42 Å². The standard InChI is InChI=1S/C11H15N3OS/c1-16-6-2-5-13-11-14-9-7-8(12)3-4-10(9)15-11/h3-4,7H,2,5-6,12H2,1H3,(H,13,14). The summed E-state index contributed by atoms with van der Waals surface area (Å²) in [6.07, 6.45) is 3.20. The number of nitrogen functional groups attached to an aromatic ring is 1. The SMILES string of the molecule is CSCCCNc1nc2cc(N)ccc2o1. The molecule has 1 heterocycles. The number of aromatic nitrogens is 1. The summed E-state index contributed by atoms with van der Waals surface area (Å²) >= 11 is 1.84. The predicted octanol–water partition coefficient (Wildman–Crippen LogP) is 2.58. The number of benzene rings is 1. The van der Waals surface area contributed by atoms with Crippen molar-refractivity contribution in [3.63, 3.8) is 0 Å². The van der Waals surface area contributed by atoms with Crippen molar-refractivity contribution in [1.29, 1.82) is 0 Å². The van der Waals surface area contributed by atoms with Crippen LogP contribution in [0.3, 0.4) is 0 Å². The van der Waals surface area contributed by atoms with E-state index in [9.17, 15) is 0 Å². The van der Waals surface area contributed by atoms with Crippen molar-refractivity contribution in [2.75, 3.05) is 29.6 Å². The maximum absolute atomic E-state index is 5.67. The maximum Gasteiger partial charge on any atom is 0.295 e. The van der Waals surface area contributed by atoms with Crippen LogP contribution < -0.4 is 11.1 Å². The molecule has 1 aromatic carbocycles. The van der Waals surface area contributed by atoms with Gasteiger partial charge in [-0.3, -0.25) is 0 Å². The lowest BCUT2D eigenvalue weighted by atomic mass is 10.3. The van der Waals surface area contributed by atoms with Gasteiger partial charge in [0.25, 0.3) is 6.01 Å². The van der Waals surface area contributed by atoms with E-state index >= 15 is 0 Å². The highest BCUT2D eigenvalue weighted by atomic mass is 32.2. The monoisotopic (exact) mass is 237 g/mol. The minimum absolute atomic E-state index is 0.571. The summed E-state index contributed by atoms with van der Waals surface area (Å²) in [5.74, 6) is 1.14. The number of anilines is 2. The number of oxazole rings is 1. The number of nitrogens with zero attached hydrogens (tertiary/aromatic N) is 1. The summed E-state index contributed by atoms with van der Waals surface area (Å²) in [5.41, 5.74) is 7.94. The average Bonchev–Trinajstić information content (AvgIpc) is 2.66. The second-order valence-corrected chi connectivity index (χ2v) is 4.50. The van der Waals surface area contributed by atoms with E-state index in [2.05, 4.69) is 16.6 Å². The molecule has 0 saturated heterocycles. The van der Waals surface area contributed by atoms with Crippen LogP contribution in [0, 0.1) is 0 Å². The quantitative estimate of drug-likeness (QED) is 0.618. The Morgan fingerprint density at radius 1 is 1.50 bits per heavy atom. The molecule has 0 fully saturated rings. The van der Waals surface area contributed by atoms with Crippen molar-refractivity contribution in [2.24, 2.45) is 0 Å². The molecule has 5 heteroatoms. The van der Waals surface area contributed by atoms with Crippen molar-refractivity contribution in [3.05, 3.63) is 18.2 Å². The van der Waals surface area contributed by atoms with Crippen molar-refractivity contribution < 1.29 is 4.42 Å². The molecule has 2 aromatic rings. The Bertz CT molecular complexity index is 469. The van der Waals surface area contributed by atoms with Gasteiger partial charge < -0.3 is 15.5 Å². The van der Waals surface area contributed by atoms with Crippen LogP contribution >= 0.6 is 11.8 Å². The molecule has 0 bridgehead atoms. The van der Waals surface area contributed by atoms with Gasteiger partial charge in [-0.1, -0.05) is 0 Å². The smallest absolute Gasteiger partial charge is 0.295 e. The number of nitrogens with two attached hydrogens (primary N) is 1. The first kappa shape index (κ1) is 11.1. The summed E-state index contributed by atoms with van der Waals surface area (Å²) in [7, 11) is 0. The van der Waals surface area contributed by atoms with Gasteiger partial charge in [-0.15, -0.1) is 0 Å². The van der Waals surface area contributed by atoms with Crippen molar-refractivity contribution in [3.8, 4) is 0 Å². The molecule has 86 valence electrons. The Labute approximate surface area is 98.6 Å². The third-order valence-corrected chi connectivity index (χ3v) is 2.91. The zero-order valence-electron chi connectivity index (χ0n) is 9.19. The number of hydrogen-bond donors (Lipinski definition) is 2. The number of thioether (sulfide) groups is 1. The van der Waals surface area contributed by atoms with Gasteiger partial charge in [0.15, 0.2) is 5.58 Å². The Kier molecular flexibility index (Phi) is 3.56. The van der Waals surface area contributed by atoms with E-state index in [4.69, 9.17) is 10.2 Å². The highest BCUT2D eigenvalue weighted by Gasteiger charge is 2.04. The molecule has 0 amide bonds. The third-order valence-electron chi connectivity index (χ3n) is 2.21. The molecule has 3 N–H and O–H groups in total. The summed E-state index contributed by atoms with van der Waals surface area (Å²) in [6.45, 7) is 0.878. The van der Waals surface area contributed by atoms with Crippen LogP contribution in [-0.2, 0) is 0 Å². The highest BCUT2D eigenvalue weighted by molar-refractivity contribution is 7.98. The molecule has 0 radical (unpaired) electrons. The first-order valence-electron chi connectivity index (χ1n) is 5.18. The molecule has 0 aliphatic rings. The van der Waals surface area contributed by atoms with E-state index < -0.39 is 0 Å². The molecule has 0 unspecified atom stereocenters. The fraction of sp³-hybridized carbons (Fsp3) is 0.364. The molecule has 2 rings (SSSR count). The number of fused-ring (bicyclic) bond motifs is 1. The first-order valence-corrected chi connectivity index (χ1v) is 6.58. The maximum atomic E-state index is 5.67. The van der Waals surface area contributed by atoms with Crippen molar-refractivity contribution in [1.82, 2.24) is 4.98 Å². The lowest BCUT2D eigenvalue weighted by Gasteiger charge is -1.98. The van der Waals surface area contributed by atoms with Gasteiger partial charge in [0.2, 0.25) is 0 Å². The van der Waals surface area contributed by atoms with E-state index in [0.29, 0.717) is 11.7 Å². The molecular weight excluding hydrogens is 222 g/mol. The van der Waals surface area contributed by atoms with E-state index in [1.807, 2.05) is 30.0 Å². The Morgan fingerprint density at radius 3 is 3.19 bits per heavy atom.